The lowest BCUT2D eigenvalue weighted by Gasteiger charge is -2.07. The molecule has 1 fully saturated rings. The van der Waals surface area contributed by atoms with Crippen LogP contribution in [-0.2, 0) is 17.8 Å². The van der Waals surface area contributed by atoms with Gasteiger partial charge in [-0.15, -0.1) is 11.3 Å². The molecule has 0 saturated heterocycles. The molecule has 1 heterocycles. The van der Waals surface area contributed by atoms with E-state index in [1.54, 1.807) is 11.3 Å². The topological polar surface area (TPSA) is 70.2 Å². The molecule has 104 valence electrons. The minimum Gasteiger partial charge on any atom is -0.352 e. The molecule has 1 aromatic rings. The third-order valence-corrected chi connectivity index (χ3v) is 4.07. The molecule has 0 unspecified atom stereocenters. The summed E-state index contributed by atoms with van der Waals surface area (Å²) in [7, 11) is 0. The van der Waals surface area contributed by atoms with E-state index in [-0.39, 0.29) is 18.5 Å². The molecule has 1 aliphatic carbocycles. The largest absolute Gasteiger partial charge is 0.352 e. The summed E-state index contributed by atoms with van der Waals surface area (Å²) >= 11 is 1.69. The summed E-state index contributed by atoms with van der Waals surface area (Å²) in [5, 5.41) is 8.10. The van der Waals surface area contributed by atoms with Crippen molar-refractivity contribution in [3.8, 4) is 0 Å². The Kier molecular flexibility index (Phi) is 4.79. The third-order valence-electron chi connectivity index (χ3n) is 2.84. The zero-order valence-electron chi connectivity index (χ0n) is 11.0. The van der Waals surface area contributed by atoms with Gasteiger partial charge in [0, 0.05) is 15.8 Å². The standard InChI is InChI=1S/C13H19N3O2S/c1-2-10-5-6-11(19-10)7-14-13(18)15-8-12(17)16-9-3-4-9/h5-6,9H,2-4,7-8H2,1H3,(H,16,17)(H2,14,15,18). The zero-order chi connectivity index (χ0) is 13.7. The van der Waals surface area contributed by atoms with Crippen molar-refractivity contribution in [3.05, 3.63) is 21.9 Å². The normalized spacial score (nSPS) is 13.9. The number of carbonyl (C=O) groups excluding carboxylic acids is 2. The van der Waals surface area contributed by atoms with Gasteiger partial charge in [0.15, 0.2) is 0 Å². The molecular weight excluding hydrogens is 262 g/mol. The Hall–Kier alpha value is -1.56. The molecule has 1 saturated carbocycles. The molecule has 0 aliphatic heterocycles. The molecule has 3 amide bonds. The Morgan fingerprint density at radius 2 is 2.00 bits per heavy atom. The van der Waals surface area contributed by atoms with Crippen molar-refractivity contribution < 1.29 is 9.59 Å². The van der Waals surface area contributed by atoms with Crippen LogP contribution >= 0.6 is 11.3 Å². The van der Waals surface area contributed by atoms with E-state index in [1.165, 1.54) is 4.88 Å². The first-order valence-electron chi connectivity index (χ1n) is 6.56. The summed E-state index contributed by atoms with van der Waals surface area (Å²) in [6, 6.07) is 4.11. The molecule has 1 aromatic heterocycles. The van der Waals surface area contributed by atoms with Gasteiger partial charge in [-0.3, -0.25) is 4.79 Å². The number of aryl methyl sites for hydroxylation is 1. The lowest BCUT2D eigenvalue weighted by Crippen LogP contribution is -2.42. The van der Waals surface area contributed by atoms with Crippen LogP contribution in [0, 0.1) is 0 Å². The second-order valence-corrected chi connectivity index (χ2v) is 5.85. The summed E-state index contributed by atoms with van der Waals surface area (Å²) < 4.78 is 0. The maximum Gasteiger partial charge on any atom is 0.315 e. The quantitative estimate of drug-likeness (QED) is 0.737. The van der Waals surface area contributed by atoms with Gasteiger partial charge in [0.1, 0.15) is 0 Å². The highest BCUT2D eigenvalue weighted by atomic mass is 32.1. The fourth-order valence-electron chi connectivity index (χ4n) is 1.60. The summed E-state index contributed by atoms with van der Waals surface area (Å²) in [4.78, 5) is 25.3. The fraction of sp³-hybridized carbons (Fsp3) is 0.538. The number of amides is 3. The Balaban J connectivity index is 1.62. The second-order valence-electron chi connectivity index (χ2n) is 4.60. The van der Waals surface area contributed by atoms with Crippen LogP contribution < -0.4 is 16.0 Å². The summed E-state index contributed by atoms with van der Waals surface area (Å²) in [6.45, 7) is 2.64. The van der Waals surface area contributed by atoms with Gasteiger partial charge in [-0.1, -0.05) is 6.92 Å². The highest BCUT2D eigenvalue weighted by molar-refractivity contribution is 7.11. The number of urea groups is 1. The molecular formula is C13H19N3O2S. The van der Waals surface area contributed by atoms with Crippen LogP contribution in [0.2, 0.25) is 0 Å². The minimum atomic E-state index is -0.308. The van der Waals surface area contributed by atoms with E-state index in [0.717, 1.165) is 24.1 Å². The van der Waals surface area contributed by atoms with E-state index in [9.17, 15) is 9.59 Å². The Bertz CT molecular complexity index is 454. The van der Waals surface area contributed by atoms with E-state index in [1.807, 2.05) is 6.07 Å². The lowest BCUT2D eigenvalue weighted by atomic mass is 10.4. The van der Waals surface area contributed by atoms with Gasteiger partial charge in [0.25, 0.3) is 0 Å². The number of hydrogen-bond acceptors (Lipinski definition) is 3. The van der Waals surface area contributed by atoms with Crippen molar-refractivity contribution >= 4 is 23.3 Å². The SMILES string of the molecule is CCc1ccc(CNC(=O)NCC(=O)NC2CC2)s1. The van der Waals surface area contributed by atoms with Gasteiger partial charge >= 0.3 is 6.03 Å². The molecule has 0 bridgehead atoms. The van der Waals surface area contributed by atoms with E-state index in [4.69, 9.17) is 0 Å². The Labute approximate surface area is 116 Å². The summed E-state index contributed by atoms with van der Waals surface area (Å²) in [5.41, 5.74) is 0. The third kappa shape index (κ3) is 4.90. The lowest BCUT2D eigenvalue weighted by molar-refractivity contribution is -0.120. The molecule has 3 N–H and O–H groups in total. The van der Waals surface area contributed by atoms with E-state index < -0.39 is 0 Å². The molecule has 0 radical (unpaired) electrons. The number of rotatable bonds is 6. The zero-order valence-corrected chi connectivity index (χ0v) is 11.8. The summed E-state index contributed by atoms with van der Waals surface area (Å²) in [6.07, 6.45) is 3.12. The maximum absolute atomic E-state index is 11.5. The number of carbonyl (C=O) groups is 2. The average molecular weight is 281 g/mol. The predicted octanol–water partition coefficient (Wildman–Crippen LogP) is 1.39. The highest BCUT2D eigenvalue weighted by Crippen LogP contribution is 2.18. The van der Waals surface area contributed by atoms with E-state index in [2.05, 4.69) is 28.9 Å². The monoisotopic (exact) mass is 281 g/mol. The molecule has 2 rings (SSSR count). The van der Waals surface area contributed by atoms with Crippen LogP contribution in [0.25, 0.3) is 0 Å². The minimum absolute atomic E-state index is 0.0347. The van der Waals surface area contributed by atoms with Gasteiger partial charge in [0.05, 0.1) is 13.1 Å². The van der Waals surface area contributed by atoms with Crippen LogP contribution in [0.1, 0.15) is 29.5 Å². The van der Waals surface area contributed by atoms with Crippen molar-refractivity contribution in [1.82, 2.24) is 16.0 Å². The Morgan fingerprint density at radius 1 is 1.26 bits per heavy atom. The van der Waals surface area contributed by atoms with Crippen LogP contribution in [0.15, 0.2) is 12.1 Å². The maximum atomic E-state index is 11.5. The first-order chi connectivity index (χ1) is 9.17. The number of hydrogen-bond donors (Lipinski definition) is 3. The van der Waals surface area contributed by atoms with Crippen molar-refractivity contribution in [1.29, 1.82) is 0 Å². The van der Waals surface area contributed by atoms with Gasteiger partial charge in [-0.25, -0.2) is 4.79 Å². The van der Waals surface area contributed by atoms with Gasteiger partial charge in [0.2, 0.25) is 5.91 Å². The molecule has 0 atom stereocenters. The van der Waals surface area contributed by atoms with Gasteiger partial charge < -0.3 is 16.0 Å². The second kappa shape index (κ2) is 6.56. The first kappa shape index (κ1) is 13.9. The van der Waals surface area contributed by atoms with Crippen molar-refractivity contribution in [2.45, 2.75) is 38.8 Å². The molecule has 0 aromatic carbocycles. The molecule has 1 aliphatic rings. The number of thiophene rings is 1. The smallest absolute Gasteiger partial charge is 0.315 e. The van der Waals surface area contributed by atoms with Crippen LogP contribution in [-0.4, -0.2) is 24.5 Å². The van der Waals surface area contributed by atoms with Crippen LogP contribution in [0.4, 0.5) is 4.79 Å². The van der Waals surface area contributed by atoms with Gasteiger partial charge in [-0.05, 0) is 31.4 Å². The fourth-order valence-corrected chi connectivity index (χ4v) is 2.50. The van der Waals surface area contributed by atoms with Crippen LogP contribution in [0.5, 0.6) is 0 Å². The molecule has 0 spiro atoms. The van der Waals surface area contributed by atoms with Crippen LogP contribution in [0.3, 0.4) is 0 Å². The van der Waals surface area contributed by atoms with Crippen molar-refractivity contribution in [2.24, 2.45) is 0 Å². The highest BCUT2D eigenvalue weighted by Gasteiger charge is 2.23. The first-order valence-corrected chi connectivity index (χ1v) is 7.37. The molecule has 6 heteroatoms. The van der Waals surface area contributed by atoms with Crippen molar-refractivity contribution in [3.63, 3.8) is 0 Å². The summed E-state index contributed by atoms with van der Waals surface area (Å²) in [5.74, 6) is -0.123. The van der Waals surface area contributed by atoms with Crippen molar-refractivity contribution in [2.75, 3.05) is 6.54 Å². The Morgan fingerprint density at radius 3 is 2.63 bits per heavy atom. The molecule has 19 heavy (non-hydrogen) atoms. The van der Waals surface area contributed by atoms with Gasteiger partial charge in [-0.2, -0.15) is 0 Å². The van der Waals surface area contributed by atoms with E-state index in [0.29, 0.717) is 12.6 Å². The average Bonchev–Trinajstić information content (AvgIpc) is 3.08. The molecule has 5 nitrogen and oxygen atoms in total. The number of nitrogens with one attached hydrogen (secondary N) is 3. The predicted molar refractivity (Wildman–Crippen MR) is 75.1 cm³/mol. The van der Waals surface area contributed by atoms with E-state index >= 15 is 0 Å².